The van der Waals surface area contributed by atoms with Crippen molar-refractivity contribution in [2.24, 2.45) is 0 Å². The van der Waals surface area contributed by atoms with Crippen molar-refractivity contribution in [3.05, 3.63) is 0 Å². The summed E-state index contributed by atoms with van der Waals surface area (Å²) in [6.45, 7) is 0. The highest BCUT2D eigenvalue weighted by atomic mass is 32.3. The molecule has 0 aliphatic rings. The summed E-state index contributed by atoms with van der Waals surface area (Å²) in [5, 5.41) is -1.36. The van der Waals surface area contributed by atoms with Gasteiger partial charge in [0.05, 0.1) is 12.1 Å². The Labute approximate surface area is 142 Å². The third-order valence-corrected chi connectivity index (χ3v) is 7.81. The summed E-state index contributed by atoms with van der Waals surface area (Å²) in [5.41, 5.74) is 0. The second-order valence-electron chi connectivity index (χ2n) is 4.15. The predicted octanol–water partition coefficient (Wildman–Crippen LogP) is -0.298. The maximum Gasteiger partial charge on any atom is 0.429 e. The van der Waals surface area contributed by atoms with E-state index in [0.717, 1.165) is 0 Å². The third kappa shape index (κ3) is 3.20. The van der Waals surface area contributed by atoms with Crippen LogP contribution in [0.5, 0.6) is 0 Å². The van der Waals surface area contributed by atoms with Gasteiger partial charge in [-0.05, 0) is 0 Å². The lowest BCUT2D eigenvalue weighted by molar-refractivity contribution is -0.244. The first-order valence-corrected chi connectivity index (χ1v) is 9.68. The second kappa shape index (κ2) is 6.49. The molecule has 0 aromatic heterocycles. The monoisotopic (exact) mass is 453 g/mol. The molecule has 0 bridgehead atoms. The lowest BCUT2D eigenvalue weighted by Crippen LogP contribution is -2.64. The SMILES string of the molecule is CN(S(=O)(=O)O)S(=O)(=O)C(F)(F)C(F)(F)C(F)(F)S(=O)(=O)C(C#N)C#N. The first kappa shape index (κ1) is 24.3. The van der Waals surface area contributed by atoms with Crippen LogP contribution in [0.25, 0.3) is 0 Å². The average Bonchev–Trinajstić information content (AvgIpc) is 2.45. The lowest BCUT2D eigenvalue weighted by Gasteiger charge is -2.32. The molecule has 10 nitrogen and oxygen atoms in total. The number of rotatable bonds is 7. The van der Waals surface area contributed by atoms with Crippen LogP contribution in [0.4, 0.5) is 26.3 Å². The first-order chi connectivity index (χ1) is 11.2. The molecule has 0 saturated carbocycles. The Hall–Kier alpha value is -1.67. The molecule has 0 atom stereocenters. The fourth-order valence-electron chi connectivity index (χ4n) is 1.11. The van der Waals surface area contributed by atoms with Gasteiger partial charge in [0.2, 0.25) is 5.25 Å². The van der Waals surface area contributed by atoms with Crippen LogP contribution in [0.1, 0.15) is 0 Å². The molecule has 0 radical (unpaired) electrons. The van der Waals surface area contributed by atoms with E-state index in [1.165, 1.54) is 0 Å². The number of hydrogen-bond donors (Lipinski definition) is 1. The third-order valence-electron chi connectivity index (χ3n) is 2.62. The largest absolute Gasteiger partial charge is 0.429 e. The summed E-state index contributed by atoms with van der Waals surface area (Å²) in [6.07, 6.45) is 0. The van der Waals surface area contributed by atoms with Gasteiger partial charge in [-0.3, -0.25) is 4.55 Å². The zero-order valence-electron chi connectivity index (χ0n) is 11.8. The van der Waals surface area contributed by atoms with Gasteiger partial charge in [0.15, 0.2) is 0 Å². The quantitative estimate of drug-likeness (QED) is 0.401. The van der Waals surface area contributed by atoms with Gasteiger partial charge < -0.3 is 0 Å². The van der Waals surface area contributed by atoms with Crippen LogP contribution in [0.15, 0.2) is 0 Å². The second-order valence-corrected chi connectivity index (χ2v) is 9.91. The highest BCUT2D eigenvalue weighted by Crippen LogP contribution is 2.52. The maximum absolute atomic E-state index is 13.6. The smallest absolute Gasteiger partial charge is 0.273 e. The zero-order valence-corrected chi connectivity index (χ0v) is 14.3. The minimum atomic E-state index is -7.37. The summed E-state index contributed by atoms with van der Waals surface area (Å²) in [5.74, 6) is -7.37. The van der Waals surface area contributed by atoms with E-state index in [-0.39, 0.29) is 0 Å². The van der Waals surface area contributed by atoms with Crippen molar-refractivity contribution in [2.45, 2.75) is 21.7 Å². The number of sulfonamides is 1. The molecule has 1 N–H and O–H groups in total. The summed E-state index contributed by atoms with van der Waals surface area (Å²) < 4.78 is 154. The van der Waals surface area contributed by atoms with E-state index in [4.69, 9.17) is 15.1 Å². The predicted molar refractivity (Wildman–Crippen MR) is 67.0 cm³/mol. The van der Waals surface area contributed by atoms with Crippen LogP contribution < -0.4 is 0 Å². The minimum Gasteiger partial charge on any atom is -0.273 e. The molecule has 0 aromatic carbocycles. The highest BCUT2D eigenvalue weighted by Gasteiger charge is 2.83. The average molecular weight is 453 g/mol. The van der Waals surface area contributed by atoms with E-state index in [2.05, 4.69) is 0 Å². The van der Waals surface area contributed by atoms with Crippen LogP contribution in [-0.4, -0.2) is 62.2 Å². The van der Waals surface area contributed by atoms with E-state index in [9.17, 15) is 51.6 Å². The molecule has 0 heterocycles. The highest BCUT2D eigenvalue weighted by molar-refractivity contribution is 8.02. The molecule has 26 heavy (non-hydrogen) atoms. The van der Waals surface area contributed by atoms with Crippen molar-refractivity contribution < 1.29 is 56.1 Å². The number of halogens is 6. The van der Waals surface area contributed by atoms with E-state index >= 15 is 0 Å². The Morgan fingerprint density at radius 3 is 1.50 bits per heavy atom. The molecule has 0 aliphatic carbocycles. The van der Waals surface area contributed by atoms with Crippen LogP contribution in [0.2, 0.25) is 0 Å². The fraction of sp³-hybridized carbons (Fsp3) is 0.714. The molecule has 0 fully saturated rings. The van der Waals surface area contributed by atoms with Crippen molar-refractivity contribution in [1.29, 1.82) is 10.5 Å². The molecule has 0 aromatic rings. The Balaban J connectivity index is 6.76. The van der Waals surface area contributed by atoms with Gasteiger partial charge in [-0.1, -0.05) is 3.71 Å². The fourth-order valence-corrected chi connectivity index (χ4v) is 4.28. The summed E-state index contributed by atoms with van der Waals surface area (Å²) in [7, 11) is -21.0. The molecule has 0 unspecified atom stereocenters. The number of nitriles is 2. The van der Waals surface area contributed by atoms with E-state index in [1.54, 1.807) is 0 Å². The topological polar surface area (TPSA) is 173 Å². The van der Waals surface area contributed by atoms with Gasteiger partial charge in [0, 0.05) is 7.05 Å². The molecule has 19 heteroatoms. The molecule has 0 amide bonds. The first-order valence-electron chi connectivity index (χ1n) is 5.30. The Bertz CT molecular complexity index is 962. The molecule has 0 aliphatic heterocycles. The van der Waals surface area contributed by atoms with Gasteiger partial charge in [-0.25, -0.2) is 16.8 Å². The van der Waals surface area contributed by atoms with Gasteiger partial charge in [-0.2, -0.15) is 45.3 Å². The minimum absolute atomic E-state index is 0.304. The number of alkyl halides is 6. The number of nitrogens with zero attached hydrogens (tertiary/aromatic N) is 3. The molecular formula is C7H5F6N3O7S3. The van der Waals surface area contributed by atoms with Gasteiger partial charge >= 0.3 is 36.8 Å². The standard InChI is InChI=1S/C7H5F6N3O7S3/c1-16(26(21,22)23)25(19,20)7(12,13)5(8,9)6(10,11)24(17,18)4(2-14)3-15/h4H,1H3,(H,21,22,23). The lowest BCUT2D eigenvalue weighted by atomic mass is 10.3. The Morgan fingerprint density at radius 2 is 1.23 bits per heavy atom. The van der Waals surface area contributed by atoms with Gasteiger partial charge in [0.25, 0.3) is 9.84 Å². The number of hydrogen-bond acceptors (Lipinski definition) is 8. The number of sulfone groups is 1. The van der Waals surface area contributed by atoms with Crippen molar-refractivity contribution in [2.75, 3.05) is 7.05 Å². The summed E-state index contributed by atoms with van der Waals surface area (Å²) in [6, 6.07) is 0.609. The Kier molecular flexibility index (Phi) is 6.08. The van der Waals surface area contributed by atoms with E-state index in [0.29, 0.717) is 12.1 Å². The van der Waals surface area contributed by atoms with Crippen molar-refractivity contribution >= 4 is 30.2 Å². The van der Waals surface area contributed by atoms with Crippen LogP contribution in [0, 0.1) is 22.7 Å². The zero-order chi connectivity index (χ0) is 21.6. The Morgan fingerprint density at radius 1 is 0.885 bits per heavy atom. The normalized spacial score (nSPS) is 14.9. The summed E-state index contributed by atoms with van der Waals surface area (Å²) in [4.78, 5) is 0. The van der Waals surface area contributed by atoms with Gasteiger partial charge in [-0.15, -0.1) is 0 Å². The molecule has 150 valence electrons. The van der Waals surface area contributed by atoms with Crippen LogP contribution >= 0.6 is 0 Å². The van der Waals surface area contributed by atoms with Crippen LogP contribution in [0.3, 0.4) is 0 Å². The van der Waals surface area contributed by atoms with Gasteiger partial charge in [0.1, 0.15) is 0 Å². The van der Waals surface area contributed by atoms with Crippen molar-refractivity contribution in [3.63, 3.8) is 0 Å². The molecule has 0 rings (SSSR count). The summed E-state index contributed by atoms with van der Waals surface area (Å²) >= 11 is 0. The maximum atomic E-state index is 13.6. The van der Waals surface area contributed by atoms with E-state index < -0.39 is 62.6 Å². The van der Waals surface area contributed by atoms with E-state index in [1.807, 2.05) is 0 Å². The van der Waals surface area contributed by atoms with Crippen molar-refractivity contribution in [1.82, 2.24) is 3.71 Å². The van der Waals surface area contributed by atoms with Crippen LogP contribution in [-0.2, 0) is 30.2 Å². The molecule has 0 spiro atoms. The van der Waals surface area contributed by atoms with Crippen molar-refractivity contribution in [3.8, 4) is 12.1 Å². The molecular weight excluding hydrogens is 448 g/mol. The molecule has 0 saturated heterocycles.